The summed E-state index contributed by atoms with van der Waals surface area (Å²) in [6.07, 6.45) is 0. The average molecular weight is 396 g/mol. The Hall–Kier alpha value is -3.28. The van der Waals surface area contributed by atoms with Crippen LogP contribution in [0.4, 0.5) is 0 Å². The van der Waals surface area contributed by atoms with E-state index in [4.69, 9.17) is 18.6 Å². The molecule has 0 amide bonds. The Labute approximate surface area is 169 Å². The minimum absolute atomic E-state index is 0.0676. The predicted octanol–water partition coefficient (Wildman–Crippen LogP) is 4.60. The second kappa shape index (κ2) is 8.39. The van der Waals surface area contributed by atoms with Crippen molar-refractivity contribution in [1.29, 1.82) is 0 Å². The number of benzene rings is 2. The lowest BCUT2D eigenvalue weighted by atomic mass is 9.95. The first kappa shape index (κ1) is 20.5. The third-order valence-electron chi connectivity index (χ3n) is 4.82. The maximum Gasteiger partial charge on any atom is 0.342 e. The molecule has 0 spiro atoms. The second-order valence-electron chi connectivity index (χ2n) is 7.07. The SMILES string of the molecule is COc1cccc(C(=O)OCc2cc(=O)oc3cc(C)c(C(C)C)cc23)c1OC. The number of rotatable bonds is 6. The smallest absolute Gasteiger partial charge is 0.342 e. The molecule has 0 atom stereocenters. The third kappa shape index (κ3) is 4.11. The Kier molecular flexibility index (Phi) is 5.92. The molecule has 0 aliphatic heterocycles. The lowest BCUT2D eigenvalue weighted by molar-refractivity contribution is 0.0469. The number of para-hydroxylation sites is 1. The van der Waals surface area contributed by atoms with Gasteiger partial charge in [-0.3, -0.25) is 0 Å². The van der Waals surface area contributed by atoms with Gasteiger partial charge in [0, 0.05) is 17.0 Å². The summed E-state index contributed by atoms with van der Waals surface area (Å²) in [5.74, 6) is 0.473. The molecule has 0 fully saturated rings. The number of ether oxygens (including phenoxy) is 3. The summed E-state index contributed by atoms with van der Waals surface area (Å²) in [6, 6.07) is 10.2. The first-order valence-electron chi connectivity index (χ1n) is 9.31. The maximum atomic E-state index is 12.7. The Morgan fingerprint density at radius 3 is 2.52 bits per heavy atom. The van der Waals surface area contributed by atoms with Crippen molar-refractivity contribution in [1.82, 2.24) is 0 Å². The van der Waals surface area contributed by atoms with E-state index in [1.807, 2.05) is 19.1 Å². The molecular weight excluding hydrogens is 372 g/mol. The molecule has 0 saturated carbocycles. The molecule has 0 aliphatic carbocycles. The van der Waals surface area contributed by atoms with Crippen LogP contribution in [0.2, 0.25) is 0 Å². The molecule has 29 heavy (non-hydrogen) atoms. The predicted molar refractivity (Wildman–Crippen MR) is 110 cm³/mol. The fourth-order valence-electron chi connectivity index (χ4n) is 3.40. The summed E-state index contributed by atoms with van der Waals surface area (Å²) in [6.45, 7) is 6.11. The van der Waals surface area contributed by atoms with Gasteiger partial charge >= 0.3 is 11.6 Å². The molecule has 0 bridgehead atoms. The number of hydrogen-bond acceptors (Lipinski definition) is 6. The van der Waals surface area contributed by atoms with E-state index in [1.165, 1.54) is 20.3 Å². The quantitative estimate of drug-likeness (QED) is 0.448. The molecule has 2 aromatic carbocycles. The van der Waals surface area contributed by atoms with Crippen LogP contribution in [-0.4, -0.2) is 20.2 Å². The second-order valence-corrected chi connectivity index (χ2v) is 7.07. The van der Waals surface area contributed by atoms with Crippen molar-refractivity contribution in [3.63, 3.8) is 0 Å². The van der Waals surface area contributed by atoms with Gasteiger partial charge in [0.15, 0.2) is 11.5 Å². The normalized spacial score (nSPS) is 11.0. The van der Waals surface area contributed by atoms with Crippen molar-refractivity contribution in [2.75, 3.05) is 14.2 Å². The molecule has 3 aromatic rings. The van der Waals surface area contributed by atoms with Gasteiger partial charge in [-0.2, -0.15) is 0 Å². The van der Waals surface area contributed by atoms with Gasteiger partial charge in [-0.25, -0.2) is 9.59 Å². The van der Waals surface area contributed by atoms with E-state index in [0.717, 1.165) is 16.5 Å². The molecule has 6 nitrogen and oxygen atoms in total. The zero-order chi connectivity index (χ0) is 21.1. The van der Waals surface area contributed by atoms with Crippen molar-refractivity contribution in [3.05, 3.63) is 69.1 Å². The average Bonchev–Trinajstić information content (AvgIpc) is 2.70. The Bertz CT molecular complexity index is 1110. The van der Waals surface area contributed by atoms with Crippen molar-refractivity contribution in [2.45, 2.75) is 33.3 Å². The van der Waals surface area contributed by atoms with Gasteiger partial charge in [0.2, 0.25) is 0 Å². The van der Waals surface area contributed by atoms with E-state index in [9.17, 15) is 9.59 Å². The fourth-order valence-corrected chi connectivity index (χ4v) is 3.40. The van der Waals surface area contributed by atoms with Crippen LogP contribution < -0.4 is 15.1 Å². The molecule has 152 valence electrons. The maximum absolute atomic E-state index is 12.7. The van der Waals surface area contributed by atoms with Gasteiger partial charge < -0.3 is 18.6 Å². The van der Waals surface area contributed by atoms with E-state index >= 15 is 0 Å². The van der Waals surface area contributed by atoms with Crippen LogP contribution in [0.5, 0.6) is 11.5 Å². The van der Waals surface area contributed by atoms with Crippen molar-refractivity contribution in [3.8, 4) is 11.5 Å². The van der Waals surface area contributed by atoms with Crippen LogP contribution in [0.3, 0.4) is 0 Å². The minimum atomic E-state index is -0.571. The number of methoxy groups -OCH3 is 2. The highest BCUT2D eigenvalue weighted by Crippen LogP contribution is 2.32. The van der Waals surface area contributed by atoms with E-state index in [1.54, 1.807) is 18.2 Å². The van der Waals surface area contributed by atoms with Gasteiger partial charge in [0.05, 0.1) is 14.2 Å². The summed E-state index contributed by atoms with van der Waals surface area (Å²) in [5, 5.41) is 0.754. The van der Waals surface area contributed by atoms with E-state index < -0.39 is 11.6 Å². The van der Waals surface area contributed by atoms with Crippen LogP contribution in [0.15, 0.2) is 45.6 Å². The summed E-state index contributed by atoms with van der Waals surface area (Å²) < 4.78 is 21.4. The van der Waals surface area contributed by atoms with Crippen LogP contribution in [0.1, 0.15) is 46.8 Å². The molecule has 6 heteroatoms. The molecule has 3 rings (SSSR count). The molecular formula is C23H24O6. The summed E-state index contributed by atoms with van der Waals surface area (Å²) in [5.41, 5.74) is 3.02. The first-order valence-corrected chi connectivity index (χ1v) is 9.31. The summed E-state index contributed by atoms with van der Waals surface area (Å²) in [4.78, 5) is 24.6. The number of fused-ring (bicyclic) bond motifs is 1. The fraction of sp³-hybridized carbons (Fsp3) is 0.304. The van der Waals surface area contributed by atoms with Crippen molar-refractivity contribution < 1.29 is 23.4 Å². The summed E-state index contributed by atoms with van der Waals surface area (Å²) >= 11 is 0. The zero-order valence-electron chi connectivity index (χ0n) is 17.2. The highest BCUT2D eigenvalue weighted by Gasteiger charge is 2.19. The van der Waals surface area contributed by atoms with E-state index in [2.05, 4.69) is 13.8 Å². The number of hydrogen-bond donors (Lipinski definition) is 0. The Morgan fingerprint density at radius 2 is 1.86 bits per heavy atom. The standard InChI is InChI=1S/C23H24O6/c1-13(2)17-11-18-15(10-21(24)29-20(18)9-14(17)3)12-28-23(25)16-7-6-8-19(26-4)22(16)27-5/h6-11,13H,12H2,1-5H3. The molecule has 0 radical (unpaired) electrons. The molecule has 0 aliphatic rings. The van der Waals surface area contributed by atoms with Crippen molar-refractivity contribution >= 4 is 16.9 Å². The van der Waals surface area contributed by atoms with Gasteiger partial charge in [0.25, 0.3) is 0 Å². The number of carbonyl (C=O) groups excluding carboxylic acids is 1. The van der Waals surface area contributed by atoms with Gasteiger partial charge in [-0.1, -0.05) is 19.9 Å². The van der Waals surface area contributed by atoms with Crippen LogP contribution in [-0.2, 0) is 11.3 Å². The lowest BCUT2D eigenvalue weighted by Crippen LogP contribution is -2.10. The van der Waals surface area contributed by atoms with Crippen LogP contribution in [0, 0.1) is 6.92 Å². The highest BCUT2D eigenvalue weighted by molar-refractivity contribution is 5.93. The Morgan fingerprint density at radius 1 is 1.10 bits per heavy atom. The van der Waals surface area contributed by atoms with Gasteiger partial charge in [-0.05, 0) is 48.2 Å². The largest absolute Gasteiger partial charge is 0.493 e. The van der Waals surface area contributed by atoms with Crippen LogP contribution >= 0.6 is 0 Å². The molecule has 0 saturated heterocycles. The zero-order valence-corrected chi connectivity index (χ0v) is 17.2. The molecule has 0 N–H and O–H groups in total. The van der Waals surface area contributed by atoms with E-state index in [0.29, 0.717) is 28.6 Å². The van der Waals surface area contributed by atoms with Crippen LogP contribution in [0.25, 0.3) is 11.0 Å². The van der Waals surface area contributed by atoms with Gasteiger partial charge in [-0.15, -0.1) is 0 Å². The molecule has 0 unspecified atom stereocenters. The minimum Gasteiger partial charge on any atom is -0.493 e. The first-order chi connectivity index (χ1) is 13.8. The van der Waals surface area contributed by atoms with E-state index in [-0.39, 0.29) is 12.2 Å². The monoisotopic (exact) mass is 396 g/mol. The lowest BCUT2D eigenvalue weighted by Gasteiger charge is -2.14. The summed E-state index contributed by atoms with van der Waals surface area (Å²) in [7, 11) is 2.96. The highest BCUT2D eigenvalue weighted by atomic mass is 16.5. The number of esters is 1. The topological polar surface area (TPSA) is 75.0 Å². The van der Waals surface area contributed by atoms with Gasteiger partial charge in [0.1, 0.15) is 17.8 Å². The number of aryl methyl sites for hydroxylation is 1. The number of carbonyl (C=O) groups is 1. The molecule has 1 aromatic heterocycles. The molecule has 1 heterocycles. The Balaban J connectivity index is 1.96. The van der Waals surface area contributed by atoms with Crippen molar-refractivity contribution in [2.24, 2.45) is 0 Å². The third-order valence-corrected chi connectivity index (χ3v) is 4.82.